The second-order valence-corrected chi connectivity index (χ2v) is 8.01. The molecule has 1 aliphatic heterocycles. The van der Waals surface area contributed by atoms with Crippen LogP contribution >= 0.6 is 0 Å². The van der Waals surface area contributed by atoms with E-state index in [0.717, 1.165) is 37.7 Å². The Bertz CT molecular complexity index is 829. The van der Waals surface area contributed by atoms with Crippen molar-refractivity contribution in [1.82, 2.24) is 0 Å². The first-order valence-corrected chi connectivity index (χ1v) is 11.0. The molecule has 2 unspecified atom stereocenters. The van der Waals surface area contributed by atoms with E-state index in [0.29, 0.717) is 19.4 Å². The molecule has 164 valence electrons. The van der Waals surface area contributed by atoms with Gasteiger partial charge >= 0.3 is 0 Å². The van der Waals surface area contributed by atoms with Crippen LogP contribution in [0.1, 0.15) is 69.4 Å². The number of rotatable bonds is 9. The monoisotopic (exact) mass is 420 g/mol. The van der Waals surface area contributed by atoms with Crippen molar-refractivity contribution in [2.45, 2.75) is 71.0 Å². The standard InChI is InChI=1S/C25H31F3O2/c1-3-5-6-14-29-23-13-9-18(16-30-23)19-11-12-21(25(28)24(19)27)20-10-8-17(7-4-2)15-22(20)26/h8,10-12,15,18,23H,3-7,9,13-14,16H2,1-2H3. The number of ether oxygens (including phenoxy) is 2. The molecule has 2 nitrogen and oxygen atoms in total. The van der Waals surface area contributed by atoms with Gasteiger partial charge in [-0.1, -0.05) is 57.4 Å². The van der Waals surface area contributed by atoms with Crippen LogP contribution in [-0.2, 0) is 15.9 Å². The molecule has 0 bridgehead atoms. The molecule has 3 rings (SSSR count). The van der Waals surface area contributed by atoms with Gasteiger partial charge in [-0.2, -0.15) is 0 Å². The van der Waals surface area contributed by atoms with Crippen molar-refractivity contribution in [2.24, 2.45) is 0 Å². The molecule has 2 atom stereocenters. The predicted molar refractivity (Wildman–Crippen MR) is 113 cm³/mol. The van der Waals surface area contributed by atoms with E-state index < -0.39 is 17.5 Å². The normalized spacial score (nSPS) is 19.2. The summed E-state index contributed by atoms with van der Waals surface area (Å²) in [5.41, 5.74) is 1.16. The largest absolute Gasteiger partial charge is 0.353 e. The van der Waals surface area contributed by atoms with E-state index in [1.54, 1.807) is 12.1 Å². The first-order valence-electron chi connectivity index (χ1n) is 11.0. The second kappa shape index (κ2) is 11.0. The molecular weight excluding hydrogens is 389 g/mol. The van der Waals surface area contributed by atoms with Crippen LogP contribution in [0.25, 0.3) is 11.1 Å². The summed E-state index contributed by atoms with van der Waals surface area (Å²) in [5.74, 6) is -2.69. The van der Waals surface area contributed by atoms with Crippen molar-refractivity contribution in [3.63, 3.8) is 0 Å². The van der Waals surface area contributed by atoms with E-state index in [1.807, 2.05) is 6.92 Å². The van der Waals surface area contributed by atoms with Crippen molar-refractivity contribution in [3.05, 3.63) is 58.9 Å². The number of unbranched alkanes of at least 4 members (excludes halogenated alkanes) is 2. The maximum absolute atomic E-state index is 14.9. The Morgan fingerprint density at radius 1 is 0.933 bits per heavy atom. The van der Waals surface area contributed by atoms with Gasteiger partial charge in [0, 0.05) is 23.7 Å². The third kappa shape index (κ3) is 5.44. The van der Waals surface area contributed by atoms with Gasteiger partial charge in [-0.25, -0.2) is 13.2 Å². The summed E-state index contributed by atoms with van der Waals surface area (Å²) in [7, 11) is 0. The Kier molecular flexibility index (Phi) is 8.34. The van der Waals surface area contributed by atoms with Crippen molar-refractivity contribution >= 4 is 0 Å². The zero-order valence-electron chi connectivity index (χ0n) is 17.9. The van der Waals surface area contributed by atoms with Crippen LogP contribution in [0, 0.1) is 17.5 Å². The minimum Gasteiger partial charge on any atom is -0.353 e. The van der Waals surface area contributed by atoms with Crippen LogP contribution < -0.4 is 0 Å². The van der Waals surface area contributed by atoms with Gasteiger partial charge in [0.25, 0.3) is 0 Å². The van der Waals surface area contributed by atoms with Gasteiger partial charge in [0.1, 0.15) is 5.82 Å². The number of hydrogen-bond acceptors (Lipinski definition) is 2. The average Bonchev–Trinajstić information content (AvgIpc) is 2.75. The summed E-state index contributed by atoms with van der Waals surface area (Å²) in [5, 5.41) is 0. The molecule has 0 spiro atoms. The van der Waals surface area contributed by atoms with Gasteiger partial charge in [0.15, 0.2) is 17.9 Å². The first kappa shape index (κ1) is 22.8. The molecule has 1 saturated heterocycles. The predicted octanol–water partition coefficient (Wildman–Crippen LogP) is 7.15. The Labute approximate surface area is 177 Å². The Morgan fingerprint density at radius 2 is 1.73 bits per heavy atom. The first-order chi connectivity index (χ1) is 14.5. The molecule has 0 radical (unpaired) electrons. The van der Waals surface area contributed by atoms with Crippen LogP contribution in [0.2, 0.25) is 0 Å². The molecule has 0 N–H and O–H groups in total. The average molecular weight is 421 g/mol. The summed E-state index contributed by atoms with van der Waals surface area (Å²) in [4.78, 5) is 0. The number of benzene rings is 2. The van der Waals surface area contributed by atoms with Crippen LogP contribution in [0.4, 0.5) is 13.2 Å². The van der Waals surface area contributed by atoms with Gasteiger partial charge < -0.3 is 9.47 Å². The van der Waals surface area contributed by atoms with Gasteiger partial charge in [-0.3, -0.25) is 0 Å². The SMILES string of the molecule is CCCCCOC1CCC(c2ccc(-c3ccc(CCC)cc3F)c(F)c2F)CO1. The van der Waals surface area contributed by atoms with E-state index >= 15 is 0 Å². The molecule has 1 heterocycles. The highest BCUT2D eigenvalue weighted by atomic mass is 19.2. The van der Waals surface area contributed by atoms with Gasteiger partial charge in [-0.15, -0.1) is 0 Å². The van der Waals surface area contributed by atoms with E-state index in [2.05, 4.69) is 6.92 Å². The number of aryl methyl sites for hydroxylation is 1. The molecule has 0 amide bonds. The smallest absolute Gasteiger partial charge is 0.167 e. The van der Waals surface area contributed by atoms with E-state index in [9.17, 15) is 13.2 Å². The van der Waals surface area contributed by atoms with Crippen LogP contribution in [0.3, 0.4) is 0 Å². The van der Waals surface area contributed by atoms with Crippen LogP contribution in [-0.4, -0.2) is 19.5 Å². The Morgan fingerprint density at radius 3 is 2.40 bits per heavy atom. The highest BCUT2D eigenvalue weighted by Crippen LogP contribution is 2.35. The zero-order chi connectivity index (χ0) is 21.5. The van der Waals surface area contributed by atoms with E-state index in [-0.39, 0.29) is 35.5 Å². The maximum atomic E-state index is 14.9. The second-order valence-electron chi connectivity index (χ2n) is 8.01. The topological polar surface area (TPSA) is 18.5 Å². The molecule has 1 aliphatic rings. The summed E-state index contributed by atoms with van der Waals surface area (Å²) < 4.78 is 55.6. The van der Waals surface area contributed by atoms with Gasteiger partial charge in [0.05, 0.1) is 6.61 Å². The fourth-order valence-corrected chi connectivity index (χ4v) is 3.98. The fraction of sp³-hybridized carbons (Fsp3) is 0.520. The maximum Gasteiger partial charge on any atom is 0.167 e. The van der Waals surface area contributed by atoms with Crippen LogP contribution in [0.15, 0.2) is 30.3 Å². The number of hydrogen-bond donors (Lipinski definition) is 0. The lowest BCUT2D eigenvalue weighted by Gasteiger charge is -2.29. The molecule has 0 aliphatic carbocycles. The molecular formula is C25H31F3O2. The zero-order valence-corrected chi connectivity index (χ0v) is 17.9. The molecule has 2 aromatic rings. The van der Waals surface area contributed by atoms with Crippen molar-refractivity contribution in [2.75, 3.05) is 13.2 Å². The molecule has 0 aromatic heterocycles. The molecule has 5 heteroatoms. The lowest BCUT2D eigenvalue weighted by Crippen LogP contribution is -2.28. The highest BCUT2D eigenvalue weighted by molar-refractivity contribution is 5.66. The minimum absolute atomic E-state index is 0.0503. The third-order valence-corrected chi connectivity index (χ3v) is 5.70. The van der Waals surface area contributed by atoms with E-state index in [1.165, 1.54) is 18.2 Å². The Hall–Kier alpha value is -1.85. The van der Waals surface area contributed by atoms with Crippen LogP contribution in [0.5, 0.6) is 0 Å². The fourth-order valence-electron chi connectivity index (χ4n) is 3.98. The Balaban J connectivity index is 1.69. The summed E-state index contributed by atoms with van der Waals surface area (Å²) in [6, 6.07) is 7.73. The summed E-state index contributed by atoms with van der Waals surface area (Å²) >= 11 is 0. The van der Waals surface area contributed by atoms with Crippen molar-refractivity contribution in [3.8, 4) is 11.1 Å². The molecule has 0 saturated carbocycles. The molecule has 30 heavy (non-hydrogen) atoms. The highest BCUT2D eigenvalue weighted by Gasteiger charge is 2.27. The third-order valence-electron chi connectivity index (χ3n) is 5.70. The lowest BCUT2D eigenvalue weighted by atomic mass is 9.90. The number of halogens is 3. The van der Waals surface area contributed by atoms with Crippen molar-refractivity contribution < 1.29 is 22.6 Å². The minimum atomic E-state index is -1.01. The summed E-state index contributed by atoms with van der Waals surface area (Å²) in [6.45, 7) is 5.09. The summed E-state index contributed by atoms with van der Waals surface area (Å²) in [6.07, 6.45) is 5.92. The molecule has 2 aromatic carbocycles. The molecule has 1 fully saturated rings. The lowest BCUT2D eigenvalue weighted by molar-refractivity contribution is -0.168. The van der Waals surface area contributed by atoms with Gasteiger partial charge in [0.2, 0.25) is 0 Å². The van der Waals surface area contributed by atoms with Gasteiger partial charge in [-0.05, 0) is 42.9 Å². The quantitative estimate of drug-likeness (QED) is 0.401. The van der Waals surface area contributed by atoms with Crippen molar-refractivity contribution in [1.29, 1.82) is 0 Å². The van der Waals surface area contributed by atoms with E-state index in [4.69, 9.17) is 9.47 Å².